The summed E-state index contributed by atoms with van der Waals surface area (Å²) in [5, 5.41) is 9.78. The Morgan fingerprint density at radius 3 is 3.05 bits per heavy atom. The molecular formula is C16H20FNO4. The fraction of sp³-hybridized carbons (Fsp3) is 0.562. The standard InChI is InChI=1S/C16H20FNO4/c1-9-3-13-15(14(4-9)22-10(2)6-17)16(20)18-7-12(19)5-11(18)8-21-13/h3-4,10-12,19H,5-8H2,1-2H3/t10-,11-,12+/m1/s1. The van der Waals surface area contributed by atoms with Crippen LogP contribution in [0.15, 0.2) is 12.1 Å². The van der Waals surface area contributed by atoms with E-state index >= 15 is 0 Å². The molecule has 1 saturated heterocycles. The number of benzene rings is 1. The van der Waals surface area contributed by atoms with Crippen LogP contribution in [0, 0.1) is 6.92 Å². The van der Waals surface area contributed by atoms with Gasteiger partial charge in [-0.3, -0.25) is 4.79 Å². The average Bonchev–Trinajstić information content (AvgIpc) is 2.79. The molecule has 0 aromatic heterocycles. The van der Waals surface area contributed by atoms with Gasteiger partial charge in [-0.05, 0) is 38.0 Å². The number of aryl methyl sites for hydroxylation is 1. The van der Waals surface area contributed by atoms with Gasteiger partial charge in [0.15, 0.2) is 0 Å². The van der Waals surface area contributed by atoms with Crippen molar-refractivity contribution in [1.29, 1.82) is 0 Å². The third-order valence-corrected chi connectivity index (χ3v) is 4.05. The number of hydrogen-bond acceptors (Lipinski definition) is 4. The molecule has 5 nitrogen and oxygen atoms in total. The highest BCUT2D eigenvalue weighted by molar-refractivity contribution is 6.00. The van der Waals surface area contributed by atoms with Crippen molar-refractivity contribution in [3.8, 4) is 11.5 Å². The van der Waals surface area contributed by atoms with Crippen molar-refractivity contribution in [2.75, 3.05) is 19.8 Å². The van der Waals surface area contributed by atoms with Gasteiger partial charge in [0.2, 0.25) is 0 Å². The van der Waals surface area contributed by atoms with Crippen LogP contribution in [0.5, 0.6) is 11.5 Å². The minimum atomic E-state index is -0.637. The van der Waals surface area contributed by atoms with Gasteiger partial charge in [-0.15, -0.1) is 0 Å². The molecule has 3 rings (SSSR count). The molecule has 2 aliphatic heterocycles. The Kier molecular flexibility index (Phi) is 3.95. The highest BCUT2D eigenvalue weighted by Crippen LogP contribution is 2.37. The molecular weight excluding hydrogens is 289 g/mol. The molecule has 120 valence electrons. The van der Waals surface area contributed by atoms with Crippen LogP contribution in [0.25, 0.3) is 0 Å². The van der Waals surface area contributed by atoms with E-state index in [1.54, 1.807) is 24.0 Å². The molecule has 2 heterocycles. The van der Waals surface area contributed by atoms with E-state index in [2.05, 4.69) is 0 Å². The van der Waals surface area contributed by atoms with Gasteiger partial charge >= 0.3 is 0 Å². The third-order valence-electron chi connectivity index (χ3n) is 4.05. The summed E-state index contributed by atoms with van der Waals surface area (Å²) in [6.45, 7) is 3.48. The fourth-order valence-electron chi connectivity index (χ4n) is 3.02. The molecule has 2 aliphatic rings. The molecule has 1 amide bonds. The first-order chi connectivity index (χ1) is 10.5. The van der Waals surface area contributed by atoms with Crippen LogP contribution >= 0.6 is 0 Å². The topological polar surface area (TPSA) is 59.0 Å². The van der Waals surface area contributed by atoms with Crippen LogP contribution in [-0.4, -0.2) is 54.0 Å². The number of aliphatic hydroxyl groups excluding tert-OH is 1. The number of nitrogens with zero attached hydrogens (tertiary/aromatic N) is 1. The summed E-state index contributed by atoms with van der Waals surface area (Å²) < 4.78 is 24.1. The van der Waals surface area contributed by atoms with Crippen LogP contribution in [0.1, 0.15) is 29.3 Å². The van der Waals surface area contributed by atoms with Crippen LogP contribution < -0.4 is 9.47 Å². The Morgan fingerprint density at radius 2 is 2.32 bits per heavy atom. The normalized spacial score (nSPS) is 25.1. The highest BCUT2D eigenvalue weighted by Gasteiger charge is 2.40. The van der Waals surface area contributed by atoms with Crippen molar-refractivity contribution in [3.63, 3.8) is 0 Å². The largest absolute Gasteiger partial charge is 0.490 e. The van der Waals surface area contributed by atoms with Crippen molar-refractivity contribution in [1.82, 2.24) is 4.90 Å². The van der Waals surface area contributed by atoms with E-state index in [4.69, 9.17) is 9.47 Å². The third kappa shape index (κ3) is 2.63. The predicted octanol–water partition coefficient (Wildman–Crippen LogP) is 1.70. The lowest BCUT2D eigenvalue weighted by Gasteiger charge is -2.21. The van der Waals surface area contributed by atoms with E-state index in [-0.39, 0.29) is 18.5 Å². The number of carbonyl (C=O) groups excluding carboxylic acids is 1. The van der Waals surface area contributed by atoms with Gasteiger partial charge in [0.1, 0.15) is 36.4 Å². The van der Waals surface area contributed by atoms with Crippen molar-refractivity contribution in [3.05, 3.63) is 23.3 Å². The van der Waals surface area contributed by atoms with Gasteiger partial charge < -0.3 is 19.5 Å². The molecule has 3 atom stereocenters. The van der Waals surface area contributed by atoms with Crippen molar-refractivity contribution in [2.24, 2.45) is 0 Å². The summed E-state index contributed by atoms with van der Waals surface area (Å²) in [5.74, 6) is 0.581. The van der Waals surface area contributed by atoms with Crippen LogP contribution in [0.4, 0.5) is 4.39 Å². The molecule has 1 aromatic rings. The zero-order chi connectivity index (χ0) is 15.9. The lowest BCUT2D eigenvalue weighted by Crippen LogP contribution is -2.37. The van der Waals surface area contributed by atoms with E-state index < -0.39 is 18.9 Å². The first-order valence-corrected chi connectivity index (χ1v) is 7.48. The summed E-state index contributed by atoms with van der Waals surface area (Å²) >= 11 is 0. The number of carbonyl (C=O) groups is 1. The van der Waals surface area contributed by atoms with Gasteiger partial charge in [0.25, 0.3) is 5.91 Å². The van der Waals surface area contributed by atoms with E-state index in [1.165, 1.54) is 0 Å². The monoisotopic (exact) mass is 309 g/mol. The second-order valence-electron chi connectivity index (χ2n) is 6.03. The number of amides is 1. The van der Waals surface area contributed by atoms with E-state index in [0.717, 1.165) is 5.56 Å². The molecule has 1 aromatic carbocycles. The van der Waals surface area contributed by atoms with Gasteiger partial charge in [-0.25, -0.2) is 4.39 Å². The molecule has 22 heavy (non-hydrogen) atoms. The lowest BCUT2D eigenvalue weighted by atomic mass is 10.1. The molecule has 1 N–H and O–H groups in total. The molecule has 1 fully saturated rings. The Bertz CT molecular complexity index is 592. The number of aliphatic hydroxyl groups is 1. The molecule has 0 aliphatic carbocycles. The summed E-state index contributed by atoms with van der Waals surface area (Å²) in [5.41, 5.74) is 1.21. The minimum absolute atomic E-state index is 0.137. The number of alkyl halides is 1. The second kappa shape index (κ2) is 5.76. The maximum Gasteiger partial charge on any atom is 0.261 e. The fourth-order valence-corrected chi connectivity index (χ4v) is 3.02. The molecule has 0 radical (unpaired) electrons. The second-order valence-corrected chi connectivity index (χ2v) is 6.03. The van der Waals surface area contributed by atoms with Gasteiger partial charge in [-0.2, -0.15) is 0 Å². The summed E-state index contributed by atoms with van der Waals surface area (Å²) in [7, 11) is 0. The SMILES string of the molecule is Cc1cc2c(c(O[C@H](C)CF)c1)C(=O)N1C[C@@H](O)C[C@@H]1CO2. The van der Waals surface area contributed by atoms with Crippen molar-refractivity contribution < 1.29 is 23.8 Å². The maximum atomic E-state index is 12.8. The summed E-state index contributed by atoms with van der Waals surface area (Å²) in [4.78, 5) is 14.5. The Hall–Kier alpha value is -1.82. The average molecular weight is 309 g/mol. The molecule has 0 bridgehead atoms. The quantitative estimate of drug-likeness (QED) is 0.923. The molecule has 0 saturated carbocycles. The number of ether oxygens (including phenoxy) is 2. The first kappa shape index (κ1) is 15.1. The molecule has 0 unspecified atom stereocenters. The number of hydrogen-bond donors (Lipinski definition) is 1. The summed E-state index contributed by atoms with van der Waals surface area (Å²) in [6.07, 6.45) is -0.656. The van der Waals surface area contributed by atoms with Crippen LogP contribution in [0.3, 0.4) is 0 Å². The van der Waals surface area contributed by atoms with Crippen molar-refractivity contribution in [2.45, 2.75) is 38.5 Å². The van der Waals surface area contributed by atoms with Crippen LogP contribution in [0.2, 0.25) is 0 Å². The van der Waals surface area contributed by atoms with Gasteiger partial charge in [0, 0.05) is 6.54 Å². The predicted molar refractivity (Wildman–Crippen MR) is 78.2 cm³/mol. The van der Waals surface area contributed by atoms with E-state index in [0.29, 0.717) is 30.1 Å². The summed E-state index contributed by atoms with van der Waals surface area (Å²) in [6, 6.07) is 3.37. The first-order valence-electron chi connectivity index (χ1n) is 7.48. The van der Waals surface area contributed by atoms with E-state index in [9.17, 15) is 14.3 Å². The van der Waals surface area contributed by atoms with Crippen LogP contribution in [-0.2, 0) is 0 Å². The Balaban J connectivity index is 2.02. The maximum absolute atomic E-state index is 12.8. The molecule has 6 heteroatoms. The van der Waals surface area contributed by atoms with Gasteiger partial charge in [0.05, 0.1) is 12.1 Å². The molecule has 0 spiro atoms. The number of fused-ring (bicyclic) bond motifs is 2. The number of rotatable bonds is 3. The van der Waals surface area contributed by atoms with E-state index in [1.807, 2.05) is 6.92 Å². The smallest absolute Gasteiger partial charge is 0.261 e. The zero-order valence-electron chi connectivity index (χ0n) is 12.7. The number of halogens is 1. The zero-order valence-corrected chi connectivity index (χ0v) is 12.7. The minimum Gasteiger partial charge on any atom is -0.490 e. The Labute approximate surface area is 128 Å². The van der Waals surface area contributed by atoms with Gasteiger partial charge in [-0.1, -0.05) is 0 Å². The Morgan fingerprint density at radius 1 is 1.55 bits per heavy atom. The van der Waals surface area contributed by atoms with Crippen molar-refractivity contribution >= 4 is 5.91 Å². The lowest BCUT2D eigenvalue weighted by molar-refractivity contribution is 0.0703. The highest BCUT2D eigenvalue weighted by atomic mass is 19.1.